The fourth-order valence-corrected chi connectivity index (χ4v) is 6.33. The highest BCUT2D eigenvalue weighted by Gasteiger charge is 2.29. The molecule has 1 amide bonds. The van der Waals surface area contributed by atoms with E-state index in [0.717, 1.165) is 73.2 Å². The second-order valence-electron chi connectivity index (χ2n) is 10.6. The predicted molar refractivity (Wildman–Crippen MR) is 176 cm³/mol. The van der Waals surface area contributed by atoms with E-state index >= 15 is 0 Å². The molecule has 7 nitrogen and oxygen atoms in total. The minimum absolute atomic E-state index is 0.220. The third-order valence-electron chi connectivity index (χ3n) is 7.51. The van der Waals surface area contributed by atoms with Crippen LogP contribution in [-0.2, 0) is 11.3 Å². The molecule has 1 saturated heterocycles. The van der Waals surface area contributed by atoms with Crippen LogP contribution in [0.3, 0.4) is 0 Å². The Hall–Kier alpha value is -3.85. The lowest BCUT2D eigenvalue weighted by Crippen LogP contribution is -2.47. The first-order valence-electron chi connectivity index (χ1n) is 14.7. The van der Waals surface area contributed by atoms with Crippen LogP contribution < -0.4 is 4.74 Å². The third kappa shape index (κ3) is 7.04. The fraction of sp³-hybridized carbons (Fsp3) is 0.265. The standard InChI is InChI=1S/C34H34ClN5O2S/c1-2-3-20-42-30-15-14-26(21-29(30)35)32-27(24-40(37-32)28-12-8-5-9-13-28)22-31-33(41)36-34(43-31)39-18-16-38(17-19-39)23-25-10-6-4-7-11-25/h4-15,21-22,24H,2-3,16-20,23H2,1H3. The number of unbranched alkanes of at least 4 members (excludes halogenated alkanes) is 1. The molecular formula is C34H34ClN5O2S. The van der Waals surface area contributed by atoms with Crippen LogP contribution in [0, 0.1) is 0 Å². The molecule has 3 aromatic carbocycles. The van der Waals surface area contributed by atoms with Gasteiger partial charge in [0.05, 0.1) is 22.2 Å². The molecule has 0 atom stereocenters. The quantitative estimate of drug-likeness (QED) is 0.148. The Labute approximate surface area is 261 Å². The lowest BCUT2D eigenvalue weighted by molar-refractivity contribution is -0.113. The van der Waals surface area contributed by atoms with Gasteiger partial charge in [-0.15, -0.1) is 0 Å². The molecule has 0 radical (unpaired) electrons. The zero-order chi connectivity index (χ0) is 29.6. The predicted octanol–water partition coefficient (Wildman–Crippen LogP) is 7.16. The van der Waals surface area contributed by atoms with E-state index in [9.17, 15) is 4.79 Å². The van der Waals surface area contributed by atoms with Crippen molar-refractivity contribution < 1.29 is 9.53 Å². The molecule has 6 rings (SSSR count). The van der Waals surface area contributed by atoms with Crippen molar-refractivity contribution in [2.45, 2.75) is 26.3 Å². The third-order valence-corrected chi connectivity index (χ3v) is 8.85. The molecule has 0 N–H and O–H groups in total. The van der Waals surface area contributed by atoms with Gasteiger partial charge in [-0.05, 0) is 60.2 Å². The van der Waals surface area contributed by atoms with Crippen molar-refractivity contribution >= 4 is 40.5 Å². The van der Waals surface area contributed by atoms with E-state index in [4.69, 9.17) is 21.4 Å². The summed E-state index contributed by atoms with van der Waals surface area (Å²) in [6.07, 6.45) is 5.87. The summed E-state index contributed by atoms with van der Waals surface area (Å²) in [4.78, 5) is 22.8. The number of aliphatic imine (C=N–C) groups is 1. The molecule has 2 aliphatic heterocycles. The van der Waals surface area contributed by atoms with Gasteiger partial charge < -0.3 is 9.64 Å². The number of piperazine rings is 1. The second-order valence-corrected chi connectivity index (χ2v) is 12.0. The lowest BCUT2D eigenvalue weighted by Gasteiger charge is -2.35. The molecule has 1 aromatic heterocycles. The molecule has 0 saturated carbocycles. The van der Waals surface area contributed by atoms with Gasteiger partial charge in [-0.2, -0.15) is 10.1 Å². The number of aromatic nitrogens is 2. The summed E-state index contributed by atoms with van der Waals surface area (Å²) in [5, 5.41) is 6.21. The Morgan fingerprint density at radius 2 is 1.72 bits per heavy atom. The molecule has 3 heterocycles. The maximum Gasteiger partial charge on any atom is 0.286 e. The van der Waals surface area contributed by atoms with Crippen LogP contribution in [0.1, 0.15) is 30.9 Å². The monoisotopic (exact) mass is 611 g/mol. The Kier molecular flexibility index (Phi) is 9.27. The maximum absolute atomic E-state index is 13.1. The maximum atomic E-state index is 13.1. The van der Waals surface area contributed by atoms with Gasteiger partial charge in [0.1, 0.15) is 11.4 Å². The summed E-state index contributed by atoms with van der Waals surface area (Å²) in [5.41, 5.74) is 4.64. The number of hydrogen-bond donors (Lipinski definition) is 0. The number of nitrogens with zero attached hydrogens (tertiary/aromatic N) is 5. The highest BCUT2D eigenvalue weighted by molar-refractivity contribution is 8.18. The molecule has 0 aliphatic carbocycles. The summed E-state index contributed by atoms with van der Waals surface area (Å²) in [5.74, 6) is 0.438. The van der Waals surface area contributed by atoms with E-state index in [1.54, 1.807) is 0 Å². The summed E-state index contributed by atoms with van der Waals surface area (Å²) in [7, 11) is 0. The Morgan fingerprint density at radius 3 is 2.44 bits per heavy atom. The molecule has 1 fully saturated rings. The summed E-state index contributed by atoms with van der Waals surface area (Å²) in [6, 6.07) is 26.2. The smallest absolute Gasteiger partial charge is 0.286 e. The van der Waals surface area contributed by atoms with Crippen LogP contribution in [0.25, 0.3) is 23.0 Å². The number of hydrogen-bond acceptors (Lipinski definition) is 6. The van der Waals surface area contributed by atoms with E-state index in [0.29, 0.717) is 22.3 Å². The zero-order valence-corrected chi connectivity index (χ0v) is 25.7. The van der Waals surface area contributed by atoms with Crippen molar-refractivity contribution in [2.75, 3.05) is 32.8 Å². The van der Waals surface area contributed by atoms with Crippen molar-refractivity contribution in [2.24, 2.45) is 4.99 Å². The van der Waals surface area contributed by atoms with E-state index in [-0.39, 0.29) is 5.91 Å². The molecule has 4 aromatic rings. The van der Waals surface area contributed by atoms with Gasteiger partial charge in [0, 0.05) is 50.0 Å². The summed E-state index contributed by atoms with van der Waals surface area (Å²) >= 11 is 8.06. The topological polar surface area (TPSA) is 63.0 Å². The van der Waals surface area contributed by atoms with Crippen molar-refractivity contribution in [1.82, 2.24) is 19.6 Å². The van der Waals surface area contributed by atoms with Crippen LogP contribution >= 0.6 is 23.4 Å². The van der Waals surface area contributed by atoms with Gasteiger partial charge >= 0.3 is 0 Å². The first kappa shape index (κ1) is 29.2. The van der Waals surface area contributed by atoms with E-state index in [1.807, 2.05) is 71.6 Å². The highest BCUT2D eigenvalue weighted by atomic mass is 35.5. The molecule has 9 heteroatoms. The number of carbonyl (C=O) groups is 1. The van der Waals surface area contributed by atoms with E-state index < -0.39 is 0 Å². The summed E-state index contributed by atoms with van der Waals surface area (Å²) < 4.78 is 7.69. The second kappa shape index (κ2) is 13.6. The van der Waals surface area contributed by atoms with Crippen molar-refractivity contribution in [3.63, 3.8) is 0 Å². The molecule has 43 heavy (non-hydrogen) atoms. The molecular weight excluding hydrogens is 578 g/mol. The number of thioether (sulfide) groups is 1. The van der Waals surface area contributed by atoms with Gasteiger partial charge in [0.15, 0.2) is 5.17 Å². The van der Waals surface area contributed by atoms with Crippen LogP contribution in [0.15, 0.2) is 95.0 Å². The highest BCUT2D eigenvalue weighted by Crippen LogP contribution is 2.36. The fourth-order valence-electron chi connectivity index (χ4n) is 5.14. The average Bonchev–Trinajstić information content (AvgIpc) is 3.63. The number of carbonyl (C=O) groups excluding carboxylic acids is 1. The van der Waals surface area contributed by atoms with Crippen LogP contribution in [0.2, 0.25) is 5.02 Å². The number of amidine groups is 1. The Bertz CT molecular complexity index is 1630. The molecule has 0 unspecified atom stereocenters. The number of para-hydroxylation sites is 1. The molecule has 2 aliphatic rings. The number of halogens is 1. The number of amides is 1. The Balaban J connectivity index is 1.21. The number of ether oxygens (including phenoxy) is 1. The molecule has 220 valence electrons. The minimum atomic E-state index is -0.220. The van der Waals surface area contributed by atoms with Gasteiger partial charge in [0.25, 0.3) is 5.91 Å². The first-order chi connectivity index (χ1) is 21.1. The molecule has 0 bridgehead atoms. The number of benzene rings is 3. The van der Waals surface area contributed by atoms with E-state index in [1.165, 1.54) is 17.3 Å². The van der Waals surface area contributed by atoms with Gasteiger partial charge in [0.2, 0.25) is 0 Å². The van der Waals surface area contributed by atoms with Gasteiger partial charge in [-0.25, -0.2) is 4.68 Å². The number of rotatable bonds is 9. The largest absolute Gasteiger partial charge is 0.492 e. The minimum Gasteiger partial charge on any atom is -0.492 e. The molecule has 0 spiro atoms. The van der Waals surface area contributed by atoms with Gasteiger partial charge in [-0.1, -0.05) is 73.5 Å². The van der Waals surface area contributed by atoms with Crippen molar-refractivity contribution in [3.05, 3.63) is 106 Å². The first-order valence-corrected chi connectivity index (χ1v) is 15.9. The van der Waals surface area contributed by atoms with Crippen LogP contribution in [0.4, 0.5) is 0 Å². The summed E-state index contributed by atoms with van der Waals surface area (Å²) in [6.45, 7) is 7.20. The van der Waals surface area contributed by atoms with E-state index in [2.05, 4.69) is 46.0 Å². The van der Waals surface area contributed by atoms with Crippen molar-refractivity contribution in [1.29, 1.82) is 0 Å². The van der Waals surface area contributed by atoms with Crippen LogP contribution in [-0.4, -0.2) is 63.4 Å². The SMILES string of the molecule is CCCCOc1ccc(-c2nn(-c3ccccc3)cc2C=C2SC(N3CCN(Cc4ccccc4)CC3)=NC2=O)cc1Cl. The normalized spacial score (nSPS) is 16.6. The van der Waals surface area contributed by atoms with Gasteiger partial charge in [-0.3, -0.25) is 9.69 Å². The van der Waals surface area contributed by atoms with Crippen molar-refractivity contribution in [3.8, 4) is 22.7 Å². The van der Waals surface area contributed by atoms with Crippen LogP contribution in [0.5, 0.6) is 5.75 Å². The lowest BCUT2D eigenvalue weighted by atomic mass is 10.1. The Morgan fingerprint density at radius 1 is 0.977 bits per heavy atom. The average molecular weight is 612 g/mol. The zero-order valence-electron chi connectivity index (χ0n) is 24.2.